The maximum absolute atomic E-state index is 11.9. The molecule has 1 aromatic rings. The molecular weight excluding hydrogens is 328 g/mol. The van der Waals surface area contributed by atoms with Crippen molar-refractivity contribution in [1.29, 1.82) is 0 Å². The van der Waals surface area contributed by atoms with Crippen LogP contribution in [0.5, 0.6) is 5.75 Å². The predicted octanol–water partition coefficient (Wildman–Crippen LogP) is 1.64. The van der Waals surface area contributed by atoms with Gasteiger partial charge in [-0.05, 0) is 44.5 Å². The van der Waals surface area contributed by atoms with Crippen molar-refractivity contribution in [3.8, 4) is 5.75 Å². The molecule has 1 aromatic carbocycles. The fourth-order valence-corrected chi connectivity index (χ4v) is 2.61. The van der Waals surface area contributed by atoms with Gasteiger partial charge in [0.2, 0.25) is 0 Å². The summed E-state index contributed by atoms with van der Waals surface area (Å²) in [7, 11) is 0. The van der Waals surface area contributed by atoms with Crippen molar-refractivity contribution < 1.29 is 34.8 Å². The number of hydrogen-bond acceptors (Lipinski definition) is 5. The Kier molecular flexibility index (Phi) is 5.88. The van der Waals surface area contributed by atoms with E-state index in [9.17, 15) is 34.8 Å². The summed E-state index contributed by atoms with van der Waals surface area (Å²) in [6.07, 6.45) is 3.71. The van der Waals surface area contributed by atoms with Crippen LogP contribution in [-0.2, 0) is 19.8 Å². The van der Waals surface area contributed by atoms with Crippen LogP contribution in [0.1, 0.15) is 26.3 Å². The number of ketones is 1. The van der Waals surface area contributed by atoms with Gasteiger partial charge < -0.3 is 25.2 Å². The van der Waals surface area contributed by atoms with Gasteiger partial charge >= 0.3 is 11.9 Å². The average molecular weight is 348 g/mol. The lowest BCUT2D eigenvalue weighted by Gasteiger charge is -2.42. The number of aliphatic carboxylic acids is 2. The molecule has 0 spiro atoms. The molecule has 2 atom stereocenters. The van der Waals surface area contributed by atoms with Crippen LogP contribution >= 0.6 is 0 Å². The summed E-state index contributed by atoms with van der Waals surface area (Å²) in [4.78, 5) is 32.6. The Balaban J connectivity index is 0.000000705. The van der Waals surface area contributed by atoms with Crippen LogP contribution in [0.3, 0.4) is 0 Å². The second kappa shape index (κ2) is 7.31. The van der Waals surface area contributed by atoms with Crippen LogP contribution in [0.4, 0.5) is 0 Å². The number of Topliss-reactive ketones (excluding diaryl/α,β-unsaturated/α-hetero) is 1. The highest BCUT2D eigenvalue weighted by atomic mass is 16.4. The highest BCUT2D eigenvalue weighted by Gasteiger charge is 2.57. The first-order valence-corrected chi connectivity index (χ1v) is 7.32. The Labute approximate surface area is 144 Å². The first-order chi connectivity index (χ1) is 11.5. The molecular formula is C18H20O7. The molecule has 7 nitrogen and oxygen atoms in total. The number of phenols is 1. The minimum atomic E-state index is -2.16. The molecule has 0 fully saturated rings. The number of rotatable bonds is 3. The van der Waals surface area contributed by atoms with Gasteiger partial charge in [0, 0.05) is 0 Å². The lowest BCUT2D eigenvalue weighted by Crippen LogP contribution is -2.57. The molecule has 0 saturated heterocycles. The van der Waals surface area contributed by atoms with Crippen LogP contribution in [0.15, 0.2) is 48.1 Å². The largest absolute Gasteiger partial charge is 0.508 e. The van der Waals surface area contributed by atoms with Gasteiger partial charge in [0.25, 0.3) is 0 Å². The Bertz CT molecular complexity index is 737. The number of benzene rings is 1. The Hall–Kier alpha value is -2.93. The number of allylic oxidation sites excluding steroid dienone is 2. The van der Waals surface area contributed by atoms with Crippen molar-refractivity contribution in [2.24, 2.45) is 0 Å². The van der Waals surface area contributed by atoms with Crippen LogP contribution in [0, 0.1) is 0 Å². The second-order valence-corrected chi connectivity index (χ2v) is 5.89. The van der Waals surface area contributed by atoms with E-state index in [1.807, 2.05) is 0 Å². The molecule has 7 heteroatoms. The van der Waals surface area contributed by atoms with Crippen molar-refractivity contribution in [2.45, 2.75) is 31.8 Å². The molecule has 0 bridgehead atoms. The minimum Gasteiger partial charge on any atom is -0.508 e. The van der Waals surface area contributed by atoms with E-state index >= 15 is 0 Å². The number of carbonyl (C=O) groups excluding carboxylic acids is 1. The minimum absolute atomic E-state index is 0.0623. The average Bonchev–Trinajstić information content (AvgIpc) is 2.46. The zero-order valence-corrected chi connectivity index (χ0v) is 14.1. The number of carbonyl (C=O) groups is 3. The van der Waals surface area contributed by atoms with Gasteiger partial charge in [-0.15, -0.1) is 0 Å². The third kappa shape index (κ3) is 3.77. The molecule has 4 N–H and O–H groups in total. The lowest BCUT2D eigenvalue weighted by molar-refractivity contribution is -0.151. The predicted molar refractivity (Wildman–Crippen MR) is 89.3 cm³/mol. The monoisotopic (exact) mass is 348 g/mol. The fraction of sp³-hybridized carbons (Fsp3) is 0.278. The van der Waals surface area contributed by atoms with Crippen molar-refractivity contribution in [3.63, 3.8) is 0 Å². The van der Waals surface area contributed by atoms with Gasteiger partial charge in [-0.1, -0.05) is 24.3 Å². The van der Waals surface area contributed by atoms with Gasteiger partial charge in [-0.25, -0.2) is 4.79 Å². The Morgan fingerprint density at radius 1 is 1.00 bits per heavy atom. The van der Waals surface area contributed by atoms with Crippen molar-refractivity contribution >= 4 is 17.7 Å². The van der Waals surface area contributed by atoms with E-state index in [2.05, 4.69) is 0 Å². The third-order valence-electron chi connectivity index (χ3n) is 3.79. The molecule has 0 amide bonds. The maximum atomic E-state index is 11.9. The van der Waals surface area contributed by atoms with Crippen LogP contribution in [0.2, 0.25) is 0 Å². The Morgan fingerprint density at radius 3 is 1.88 bits per heavy atom. The van der Waals surface area contributed by atoms with E-state index in [-0.39, 0.29) is 17.1 Å². The molecule has 0 heterocycles. The standard InChI is InChI=1S/C15H14O6.C3H6O/c1-14(21)11(12(17)18)3-2-8-15(14,13(19)20)9-4-6-10(16)7-5-9;1-3(2)4/h2-8,16,21H,1H3,(H,17,18)(H,19,20);1-2H3. The molecule has 1 aliphatic carbocycles. The SMILES string of the molecule is CC(C)=O.CC1(O)C(C(=O)O)=CC=CC1(C(=O)O)c1ccc(O)cc1. The molecule has 0 aliphatic heterocycles. The molecule has 0 aromatic heterocycles. The number of phenolic OH excluding ortho intramolecular Hbond substituents is 1. The normalized spacial score (nSPS) is 24.6. The summed E-state index contributed by atoms with van der Waals surface area (Å²) in [5, 5.41) is 38.8. The van der Waals surface area contributed by atoms with E-state index in [1.165, 1.54) is 56.3 Å². The molecule has 1 aliphatic rings. The first kappa shape index (κ1) is 20.1. The van der Waals surface area contributed by atoms with Gasteiger partial charge in [0.1, 0.15) is 22.5 Å². The van der Waals surface area contributed by atoms with Crippen LogP contribution in [-0.4, -0.2) is 43.7 Å². The lowest BCUT2D eigenvalue weighted by atomic mass is 9.62. The van der Waals surface area contributed by atoms with Crippen LogP contribution in [0.25, 0.3) is 0 Å². The topological polar surface area (TPSA) is 132 Å². The number of hydrogen-bond donors (Lipinski definition) is 4. The number of carboxylic acids is 2. The molecule has 0 radical (unpaired) electrons. The molecule has 2 unspecified atom stereocenters. The van der Waals surface area contributed by atoms with Crippen molar-refractivity contribution in [2.75, 3.05) is 0 Å². The summed E-state index contributed by atoms with van der Waals surface area (Å²) in [5.74, 6) is -2.68. The second-order valence-electron chi connectivity index (χ2n) is 5.89. The van der Waals surface area contributed by atoms with Gasteiger partial charge in [0.05, 0.1) is 5.57 Å². The van der Waals surface area contributed by atoms with E-state index in [4.69, 9.17) is 0 Å². The highest BCUT2D eigenvalue weighted by molar-refractivity contribution is 5.96. The molecule has 0 saturated carbocycles. The smallest absolute Gasteiger partial charge is 0.334 e. The van der Waals surface area contributed by atoms with E-state index in [0.29, 0.717) is 0 Å². The summed E-state index contributed by atoms with van der Waals surface area (Å²) in [5.41, 5.74) is -4.36. The maximum Gasteiger partial charge on any atom is 0.334 e. The molecule has 25 heavy (non-hydrogen) atoms. The summed E-state index contributed by atoms with van der Waals surface area (Å²) >= 11 is 0. The van der Waals surface area contributed by atoms with Gasteiger partial charge in [-0.3, -0.25) is 4.79 Å². The Morgan fingerprint density at radius 2 is 1.48 bits per heavy atom. The van der Waals surface area contributed by atoms with Crippen molar-refractivity contribution in [1.82, 2.24) is 0 Å². The fourth-order valence-electron chi connectivity index (χ4n) is 2.61. The summed E-state index contributed by atoms with van der Waals surface area (Å²) in [6.45, 7) is 4.21. The first-order valence-electron chi connectivity index (χ1n) is 7.32. The van der Waals surface area contributed by atoms with Crippen LogP contribution < -0.4 is 0 Å². The summed E-state index contributed by atoms with van der Waals surface area (Å²) < 4.78 is 0. The van der Waals surface area contributed by atoms with Gasteiger partial charge in [-0.2, -0.15) is 0 Å². The van der Waals surface area contributed by atoms with E-state index in [0.717, 1.165) is 6.92 Å². The number of carboxylic acid groups (broad SMARTS) is 2. The zero-order valence-electron chi connectivity index (χ0n) is 14.1. The molecule has 2 rings (SSSR count). The third-order valence-corrected chi connectivity index (χ3v) is 3.79. The zero-order chi connectivity index (χ0) is 19.4. The quantitative estimate of drug-likeness (QED) is 0.653. The number of aromatic hydroxyl groups is 1. The van der Waals surface area contributed by atoms with E-state index in [1.54, 1.807) is 0 Å². The van der Waals surface area contributed by atoms with Crippen molar-refractivity contribution in [3.05, 3.63) is 53.6 Å². The number of aliphatic hydroxyl groups is 1. The van der Waals surface area contributed by atoms with E-state index < -0.39 is 28.5 Å². The summed E-state index contributed by atoms with van der Waals surface area (Å²) in [6, 6.07) is 5.24. The highest BCUT2D eigenvalue weighted by Crippen LogP contribution is 2.44. The molecule has 134 valence electrons. The van der Waals surface area contributed by atoms with Gasteiger partial charge in [0.15, 0.2) is 0 Å².